The van der Waals surface area contributed by atoms with Gasteiger partial charge >= 0.3 is 0 Å². The van der Waals surface area contributed by atoms with Crippen LogP contribution in [0.3, 0.4) is 0 Å². The Morgan fingerprint density at radius 2 is 2.22 bits per heavy atom. The van der Waals surface area contributed by atoms with Gasteiger partial charge in [0.15, 0.2) is 0 Å². The van der Waals surface area contributed by atoms with E-state index in [1.807, 2.05) is 0 Å². The third-order valence-electron chi connectivity index (χ3n) is 1.02. The number of hydrogen-bond donors (Lipinski definition) is 1. The van der Waals surface area contributed by atoms with Gasteiger partial charge in [-0.25, -0.2) is 0 Å². The monoisotopic (exact) mass is 126 g/mol. The summed E-state index contributed by atoms with van der Waals surface area (Å²) in [6, 6.07) is 2.65. The van der Waals surface area contributed by atoms with Crippen molar-refractivity contribution in [2.24, 2.45) is 0 Å². The average molecular weight is 126 g/mol. The topological polar surface area (TPSA) is 35.8 Å². The summed E-state index contributed by atoms with van der Waals surface area (Å²) in [5.41, 5.74) is 0. The van der Waals surface area contributed by atoms with E-state index in [2.05, 4.69) is 25.2 Å². The van der Waals surface area contributed by atoms with Crippen LogP contribution in [0.1, 0.15) is 26.7 Å². The zero-order chi connectivity index (χ0) is 7.11. The molecule has 0 saturated heterocycles. The largest absolute Gasteiger partial charge is 0.314 e. The fraction of sp³-hybridized carbons (Fsp3) is 0.857. The second kappa shape index (κ2) is 5.58. The lowest BCUT2D eigenvalue weighted by Gasteiger charge is -2.04. The van der Waals surface area contributed by atoms with Crippen molar-refractivity contribution >= 4 is 0 Å². The fourth-order valence-electron chi connectivity index (χ4n) is 0.558. The van der Waals surface area contributed by atoms with Gasteiger partial charge < -0.3 is 5.32 Å². The van der Waals surface area contributed by atoms with E-state index < -0.39 is 0 Å². The highest BCUT2D eigenvalue weighted by molar-refractivity contribution is 4.69. The first kappa shape index (κ1) is 8.45. The molecular weight excluding hydrogens is 112 g/mol. The molecule has 0 saturated carbocycles. The Hall–Kier alpha value is -0.550. The van der Waals surface area contributed by atoms with Crippen LogP contribution in [0.4, 0.5) is 0 Å². The van der Waals surface area contributed by atoms with Crippen LogP contribution in [0, 0.1) is 11.3 Å². The van der Waals surface area contributed by atoms with Crippen LogP contribution in [0.2, 0.25) is 0 Å². The van der Waals surface area contributed by atoms with Gasteiger partial charge in [0.25, 0.3) is 0 Å². The van der Waals surface area contributed by atoms with E-state index in [9.17, 15) is 0 Å². The molecule has 9 heavy (non-hydrogen) atoms. The predicted octanol–water partition coefficient (Wildman–Crippen LogP) is 1.29. The van der Waals surface area contributed by atoms with Gasteiger partial charge in [0.2, 0.25) is 0 Å². The van der Waals surface area contributed by atoms with E-state index in [0.717, 1.165) is 13.0 Å². The minimum absolute atomic E-state index is 0.545. The normalized spacial score (nSPS) is 9.56. The van der Waals surface area contributed by atoms with Gasteiger partial charge in [0, 0.05) is 12.5 Å². The summed E-state index contributed by atoms with van der Waals surface area (Å²) in [7, 11) is 0. The molecule has 0 aromatic rings. The number of hydrogen-bond acceptors (Lipinski definition) is 2. The predicted molar refractivity (Wildman–Crippen MR) is 38.0 cm³/mol. The van der Waals surface area contributed by atoms with E-state index in [1.54, 1.807) is 0 Å². The number of nitrogens with zero attached hydrogens (tertiary/aromatic N) is 1. The van der Waals surface area contributed by atoms with Crippen molar-refractivity contribution in [2.75, 3.05) is 6.54 Å². The molecule has 0 aliphatic rings. The number of rotatable bonds is 4. The van der Waals surface area contributed by atoms with Gasteiger partial charge in [-0.1, -0.05) is 13.8 Å². The van der Waals surface area contributed by atoms with Gasteiger partial charge in [0.05, 0.1) is 6.07 Å². The van der Waals surface area contributed by atoms with Crippen molar-refractivity contribution in [3.8, 4) is 6.07 Å². The standard InChI is InChI=1S/C7H14N2/c1-7(2)9-6-4-3-5-8/h7,9H,3-4,6H2,1-2H3. The minimum Gasteiger partial charge on any atom is -0.314 e. The molecular formula is C7H14N2. The van der Waals surface area contributed by atoms with Crippen molar-refractivity contribution in [2.45, 2.75) is 32.7 Å². The fourth-order valence-corrected chi connectivity index (χ4v) is 0.558. The van der Waals surface area contributed by atoms with Crippen LogP contribution in [0.5, 0.6) is 0 Å². The summed E-state index contributed by atoms with van der Waals surface area (Å²) in [6.07, 6.45) is 1.63. The van der Waals surface area contributed by atoms with Crippen molar-refractivity contribution in [3.05, 3.63) is 0 Å². The van der Waals surface area contributed by atoms with Crippen LogP contribution in [-0.2, 0) is 0 Å². The average Bonchev–Trinajstić information content (AvgIpc) is 1.80. The molecule has 0 unspecified atom stereocenters. The maximum Gasteiger partial charge on any atom is 0.0622 e. The highest BCUT2D eigenvalue weighted by atomic mass is 14.9. The summed E-state index contributed by atoms with van der Waals surface area (Å²) in [4.78, 5) is 0. The lowest BCUT2D eigenvalue weighted by molar-refractivity contribution is 0.574. The third kappa shape index (κ3) is 7.45. The highest BCUT2D eigenvalue weighted by Crippen LogP contribution is 1.84. The molecule has 0 atom stereocenters. The molecule has 0 amide bonds. The van der Waals surface area contributed by atoms with Crippen LogP contribution >= 0.6 is 0 Å². The van der Waals surface area contributed by atoms with Gasteiger partial charge in [0.1, 0.15) is 0 Å². The Balaban J connectivity index is 2.85. The van der Waals surface area contributed by atoms with Crippen LogP contribution < -0.4 is 5.32 Å². The molecule has 0 aromatic carbocycles. The molecule has 0 heterocycles. The molecule has 0 aliphatic carbocycles. The Morgan fingerprint density at radius 1 is 1.56 bits per heavy atom. The maximum atomic E-state index is 8.15. The Kier molecular flexibility index (Phi) is 5.24. The number of nitriles is 1. The summed E-state index contributed by atoms with van der Waals surface area (Å²) in [5.74, 6) is 0. The summed E-state index contributed by atoms with van der Waals surface area (Å²) < 4.78 is 0. The van der Waals surface area contributed by atoms with Gasteiger partial charge in [-0.05, 0) is 13.0 Å². The molecule has 0 fully saturated rings. The van der Waals surface area contributed by atoms with E-state index in [4.69, 9.17) is 5.26 Å². The van der Waals surface area contributed by atoms with Gasteiger partial charge in [-0.2, -0.15) is 5.26 Å². The molecule has 0 aromatic heterocycles. The number of nitrogens with one attached hydrogen (secondary N) is 1. The van der Waals surface area contributed by atoms with E-state index in [-0.39, 0.29) is 0 Å². The molecule has 0 bridgehead atoms. The van der Waals surface area contributed by atoms with Crippen molar-refractivity contribution in [1.82, 2.24) is 5.32 Å². The van der Waals surface area contributed by atoms with Crippen LogP contribution in [0.15, 0.2) is 0 Å². The highest BCUT2D eigenvalue weighted by Gasteiger charge is 1.89. The van der Waals surface area contributed by atoms with Gasteiger partial charge in [-0.15, -0.1) is 0 Å². The summed E-state index contributed by atoms with van der Waals surface area (Å²) in [5, 5.41) is 11.4. The van der Waals surface area contributed by atoms with Crippen molar-refractivity contribution in [3.63, 3.8) is 0 Å². The molecule has 0 spiro atoms. The van der Waals surface area contributed by atoms with Crippen LogP contribution in [-0.4, -0.2) is 12.6 Å². The summed E-state index contributed by atoms with van der Waals surface area (Å²) in [6.45, 7) is 5.17. The molecule has 0 radical (unpaired) electrons. The first-order valence-corrected chi connectivity index (χ1v) is 3.37. The molecule has 0 aliphatic heterocycles. The molecule has 2 heteroatoms. The first-order valence-electron chi connectivity index (χ1n) is 3.37. The Labute approximate surface area is 56.9 Å². The van der Waals surface area contributed by atoms with Crippen LogP contribution in [0.25, 0.3) is 0 Å². The second-order valence-corrected chi connectivity index (χ2v) is 2.37. The first-order chi connectivity index (χ1) is 4.27. The van der Waals surface area contributed by atoms with Crippen molar-refractivity contribution in [1.29, 1.82) is 5.26 Å². The van der Waals surface area contributed by atoms with E-state index >= 15 is 0 Å². The zero-order valence-electron chi connectivity index (χ0n) is 6.15. The summed E-state index contributed by atoms with van der Waals surface area (Å²) >= 11 is 0. The number of unbranched alkanes of at least 4 members (excludes halogenated alkanes) is 1. The smallest absolute Gasteiger partial charge is 0.0622 e. The third-order valence-corrected chi connectivity index (χ3v) is 1.02. The quantitative estimate of drug-likeness (QED) is 0.576. The lowest BCUT2D eigenvalue weighted by atomic mass is 10.3. The molecule has 1 N–H and O–H groups in total. The van der Waals surface area contributed by atoms with Crippen molar-refractivity contribution < 1.29 is 0 Å². The SMILES string of the molecule is CC(C)NCCCC#N. The minimum atomic E-state index is 0.545. The Morgan fingerprint density at radius 3 is 2.67 bits per heavy atom. The Bertz CT molecular complexity index is 91.6. The molecule has 52 valence electrons. The van der Waals surface area contributed by atoms with E-state index in [0.29, 0.717) is 12.5 Å². The lowest BCUT2D eigenvalue weighted by Crippen LogP contribution is -2.23. The second-order valence-electron chi connectivity index (χ2n) is 2.37. The molecule has 0 rings (SSSR count). The maximum absolute atomic E-state index is 8.15. The van der Waals surface area contributed by atoms with E-state index in [1.165, 1.54) is 0 Å². The molecule has 2 nitrogen and oxygen atoms in total. The zero-order valence-corrected chi connectivity index (χ0v) is 6.15. The van der Waals surface area contributed by atoms with Gasteiger partial charge in [-0.3, -0.25) is 0 Å².